The summed E-state index contributed by atoms with van der Waals surface area (Å²) in [5.74, 6) is -0.646. The average molecular weight is 395 g/mol. The number of nitrogens with zero attached hydrogens (tertiary/aromatic N) is 2. The van der Waals surface area contributed by atoms with Crippen LogP contribution in [-0.4, -0.2) is 26.6 Å². The van der Waals surface area contributed by atoms with Crippen LogP contribution in [0.4, 0.5) is 5.69 Å². The smallest absolute Gasteiger partial charge is 0.248 e. The predicted molar refractivity (Wildman–Crippen MR) is 112 cm³/mol. The first-order valence-corrected chi connectivity index (χ1v) is 9.72. The Bertz CT molecular complexity index is 1010. The Labute approximate surface area is 168 Å². The first-order valence-electron chi connectivity index (χ1n) is 8.84. The lowest BCUT2D eigenvalue weighted by Crippen LogP contribution is -2.23. The van der Waals surface area contributed by atoms with Crippen molar-refractivity contribution >= 4 is 29.3 Å². The number of nitrogens with one attached hydrogen (secondary N) is 1. The summed E-state index contributed by atoms with van der Waals surface area (Å²) in [5.41, 5.74) is 9.67. The second kappa shape index (κ2) is 8.31. The van der Waals surface area contributed by atoms with Crippen molar-refractivity contribution in [3.8, 4) is 5.69 Å². The number of hydrogen-bond acceptors (Lipinski definition) is 4. The highest BCUT2D eigenvalue weighted by atomic mass is 32.2. The van der Waals surface area contributed by atoms with Crippen LogP contribution in [-0.2, 0) is 4.79 Å². The zero-order chi connectivity index (χ0) is 20.3. The topological polar surface area (TPSA) is 90.0 Å². The van der Waals surface area contributed by atoms with Crippen molar-refractivity contribution < 1.29 is 9.59 Å². The molecule has 0 saturated heterocycles. The van der Waals surface area contributed by atoms with Crippen LogP contribution in [0.15, 0.2) is 60.0 Å². The third kappa shape index (κ3) is 4.26. The fraction of sp³-hybridized carbons (Fsp3) is 0.190. The third-order valence-corrected chi connectivity index (χ3v) is 5.61. The van der Waals surface area contributed by atoms with Crippen LogP contribution in [0.3, 0.4) is 0 Å². The maximum Gasteiger partial charge on any atom is 0.248 e. The van der Waals surface area contributed by atoms with E-state index in [0.29, 0.717) is 11.3 Å². The number of thioether (sulfide) groups is 1. The summed E-state index contributed by atoms with van der Waals surface area (Å²) in [6, 6.07) is 12.6. The number of carbonyl (C=O) groups excluding carboxylic acids is 2. The molecule has 144 valence electrons. The number of hydrogen-bond donors (Lipinski definition) is 2. The molecular formula is C21H22N4O2S. The van der Waals surface area contributed by atoms with E-state index in [1.54, 1.807) is 30.5 Å². The van der Waals surface area contributed by atoms with Crippen molar-refractivity contribution in [1.29, 1.82) is 0 Å². The van der Waals surface area contributed by atoms with Gasteiger partial charge in [-0.3, -0.25) is 14.2 Å². The standard InChI is InChI=1S/C21H22N4O2S/c1-13-5-4-6-18(14(13)2)25-12-11-23-21(25)28-15(3)20(27)24-17-9-7-16(8-10-17)19(22)26/h4-12,15H,1-3H3,(H2,22,26)(H,24,27). The van der Waals surface area contributed by atoms with E-state index in [9.17, 15) is 9.59 Å². The van der Waals surface area contributed by atoms with Crippen molar-refractivity contribution in [2.45, 2.75) is 31.2 Å². The molecule has 1 unspecified atom stereocenters. The minimum absolute atomic E-state index is 0.146. The molecule has 2 amide bonds. The Balaban J connectivity index is 1.72. The van der Waals surface area contributed by atoms with Gasteiger partial charge < -0.3 is 11.1 Å². The molecule has 0 fully saturated rings. The maximum absolute atomic E-state index is 12.6. The van der Waals surface area contributed by atoms with Gasteiger partial charge in [-0.15, -0.1) is 0 Å². The molecule has 1 atom stereocenters. The SMILES string of the molecule is Cc1cccc(-n2ccnc2SC(C)C(=O)Nc2ccc(C(N)=O)cc2)c1C. The van der Waals surface area contributed by atoms with Crippen molar-refractivity contribution in [3.63, 3.8) is 0 Å². The van der Waals surface area contributed by atoms with E-state index in [2.05, 4.69) is 30.2 Å². The normalized spacial score (nSPS) is 11.8. The fourth-order valence-corrected chi connectivity index (χ4v) is 3.61. The van der Waals surface area contributed by atoms with Gasteiger partial charge in [0.05, 0.1) is 10.9 Å². The summed E-state index contributed by atoms with van der Waals surface area (Å²) in [4.78, 5) is 28.1. The summed E-state index contributed by atoms with van der Waals surface area (Å²) in [6.07, 6.45) is 3.63. The number of aromatic nitrogens is 2. The summed E-state index contributed by atoms with van der Waals surface area (Å²) >= 11 is 1.39. The number of aryl methyl sites for hydroxylation is 1. The lowest BCUT2D eigenvalue weighted by Gasteiger charge is -2.15. The van der Waals surface area contributed by atoms with Gasteiger partial charge in [0.2, 0.25) is 11.8 Å². The third-order valence-electron chi connectivity index (χ3n) is 4.53. The monoisotopic (exact) mass is 394 g/mol. The summed E-state index contributed by atoms with van der Waals surface area (Å²) in [5, 5.41) is 3.24. The lowest BCUT2D eigenvalue weighted by molar-refractivity contribution is -0.115. The molecule has 7 heteroatoms. The predicted octanol–water partition coefficient (Wildman–Crippen LogP) is 3.71. The lowest BCUT2D eigenvalue weighted by atomic mass is 10.1. The van der Waals surface area contributed by atoms with Crippen LogP contribution < -0.4 is 11.1 Å². The van der Waals surface area contributed by atoms with Gasteiger partial charge in [0.1, 0.15) is 0 Å². The van der Waals surface area contributed by atoms with Gasteiger partial charge in [-0.25, -0.2) is 4.98 Å². The molecule has 0 aliphatic rings. The van der Waals surface area contributed by atoms with Crippen LogP contribution in [0, 0.1) is 13.8 Å². The minimum Gasteiger partial charge on any atom is -0.366 e. The highest BCUT2D eigenvalue weighted by Crippen LogP contribution is 2.27. The number of amides is 2. The van der Waals surface area contributed by atoms with Gasteiger partial charge in [0.15, 0.2) is 5.16 Å². The molecule has 0 radical (unpaired) electrons. The first-order chi connectivity index (χ1) is 13.4. The second-order valence-electron chi connectivity index (χ2n) is 6.49. The van der Waals surface area contributed by atoms with E-state index < -0.39 is 5.91 Å². The highest BCUT2D eigenvalue weighted by molar-refractivity contribution is 8.00. The van der Waals surface area contributed by atoms with E-state index in [-0.39, 0.29) is 11.2 Å². The van der Waals surface area contributed by atoms with Gasteiger partial charge in [-0.2, -0.15) is 0 Å². The Morgan fingerprint density at radius 3 is 2.54 bits per heavy atom. The number of anilines is 1. The number of nitrogens with two attached hydrogens (primary N) is 1. The molecule has 28 heavy (non-hydrogen) atoms. The Kier molecular flexibility index (Phi) is 5.84. The van der Waals surface area contributed by atoms with Crippen molar-refractivity contribution in [1.82, 2.24) is 9.55 Å². The van der Waals surface area contributed by atoms with E-state index in [1.807, 2.05) is 29.8 Å². The highest BCUT2D eigenvalue weighted by Gasteiger charge is 2.19. The van der Waals surface area contributed by atoms with Crippen LogP contribution in [0.5, 0.6) is 0 Å². The quantitative estimate of drug-likeness (QED) is 0.624. The molecule has 2 aromatic carbocycles. The molecule has 1 aromatic heterocycles. The van der Waals surface area contributed by atoms with Gasteiger partial charge in [-0.05, 0) is 62.2 Å². The summed E-state index contributed by atoms with van der Waals surface area (Å²) in [7, 11) is 0. The van der Waals surface area contributed by atoms with E-state index in [1.165, 1.54) is 22.9 Å². The van der Waals surface area contributed by atoms with Crippen molar-refractivity contribution in [2.75, 3.05) is 5.32 Å². The number of imidazole rings is 1. The minimum atomic E-state index is -0.500. The molecule has 3 aromatic rings. The maximum atomic E-state index is 12.6. The Morgan fingerprint density at radius 2 is 1.86 bits per heavy atom. The average Bonchev–Trinajstić information content (AvgIpc) is 3.12. The molecular weight excluding hydrogens is 372 g/mol. The Morgan fingerprint density at radius 1 is 1.14 bits per heavy atom. The van der Waals surface area contributed by atoms with Crippen LogP contribution >= 0.6 is 11.8 Å². The summed E-state index contributed by atoms with van der Waals surface area (Å²) < 4.78 is 2.00. The number of carbonyl (C=O) groups is 2. The molecule has 0 bridgehead atoms. The van der Waals surface area contributed by atoms with Gasteiger partial charge in [0.25, 0.3) is 0 Å². The summed E-state index contributed by atoms with van der Waals surface area (Å²) in [6.45, 7) is 5.98. The van der Waals surface area contributed by atoms with Crippen molar-refractivity contribution in [3.05, 3.63) is 71.5 Å². The van der Waals surface area contributed by atoms with Gasteiger partial charge in [0, 0.05) is 23.6 Å². The molecule has 0 saturated carbocycles. The largest absolute Gasteiger partial charge is 0.366 e. The number of benzene rings is 2. The fourth-order valence-electron chi connectivity index (χ4n) is 2.73. The van der Waals surface area contributed by atoms with Crippen LogP contribution in [0.2, 0.25) is 0 Å². The van der Waals surface area contributed by atoms with Crippen molar-refractivity contribution in [2.24, 2.45) is 5.73 Å². The molecule has 6 nitrogen and oxygen atoms in total. The van der Waals surface area contributed by atoms with Crippen LogP contribution in [0.1, 0.15) is 28.4 Å². The zero-order valence-electron chi connectivity index (χ0n) is 16.0. The molecule has 0 spiro atoms. The molecule has 3 N–H and O–H groups in total. The number of rotatable bonds is 6. The Hall–Kier alpha value is -3.06. The first kappa shape index (κ1) is 19.7. The van der Waals surface area contributed by atoms with Gasteiger partial charge >= 0.3 is 0 Å². The van der Waals surface area contributed by atoms with Crippen LogP contribution in [0.25, 0.3) is 5.69 Å². The number of primary amides is 1. The van der Waals surface area contributed by atoms with E-state index in [4.69, 9.17) is 5.73 Å². The molecule has 3 rings (SSSR count). The molecule has 0 aliphatic carbocycles. The molecule has 0 aliphatic heterocycles. The molecule has 1 heterocycles. The van der Waals surface area contributed by atoms with E-state index in [0.717, 1.165) is 10.8 Å². The van der Waals surface area contributed by atoms with E-state index >= 15 is 0 Å². The zero-order valence-corrected chi connectivity index (χ0v) is 16.8. The second-order valence-corrected chi connectivity index (χ2v) is 7.80. The van der Waals surface area contributed by atoms with Gasteiger partial charge in [-0.1, -0.05) is 23.9 Å².